The van der Waals surface area contributed by atoms with Crippen LogP contribution in [0.4, 0.5) is 11.9 Å². The smallest absolute Gasteiger partial charge is 0.229 e. The molecule has 1 atom stereocenters. The van der Waals surface area contributed by atoms with Gasteiger partial charge in [-0.2, -0.15) is 15.0 Å². The van der Waals surface area contributed by atoms with Crippen molar-refractivity contribution in [2.24, 2.45) is 5.41 Å². The third kappa shape index (κ3) is 4.28. The Morgan fingerprint density at radius 3 is 2.78 bits per heavy atom. The number of nitrogens with one attached hydrogen (secondary N) is 1. The Morgan fingerprint density at radius 2 is 2.13 bits per heavy atom. The van der Waals surface area contributed by atoms with E-state index in [0.29, 0.717) is 11.8 Å². The lowest BCUT2D eigenvalue weighted by molar-refractivity contribution is -0.133. The molecule has 0 unspecified atom stereocenters. The second-order valence-electron chi connectivity index (χ2n) is 6.52. The molecule has 0 spiro atoms. The van der Waals surface area contributed by atoms with E-state index in [1.165, 1.54) is 0 Å². The van der Waals surface area contributed by atoms with Crippen molar-refractivity contribution in [3.8, 4) is 0 Å². The Balaban J connectivity index is 2.01. The Bertz CT molecular complexity index is 563. The SMILES string of the molecule is CCN1CCC[C@](C)(C(=O)NCc2nc(N)nc(N(C)C)n2)C1. The third-order valence-electron chi connectivity index (χ3n) is 4.27. The van der Waals surface area contributed by atoms with Crippen molar-refractivity contribution >= 4 is 17.8 Å². The first kappa shape index (κ1) is 17.4. The van der Waals surface area contributed by atoms with E-state index >= 15 is 0 Å². The van der Waals surface area contributed by atoms with E-state index in [2.05, 4.69) is 32.1 Å². The van der Waals surface area contributed by atoms with Gasteiger partial charge in [0.15, 0.2) is 5.82 Å². The number of nitrogen functional groups attached to an aromatic ring is 1. The average Bonchev–Trinajstić information content (AvgIpc) is 2.52. The van der Waals surface area contributed by atoms with Crippen molar-refractivity contribution in [3.63, 3.8) is 0 Å². The van der Waals surface area contributed by atoms with Crippen LogP contribution in [0.1, 0.15) is 32.5 Å². The first-order valence-electron chi connectivity index (χ1n) is 8.02. The van der Waals surface area contributed by atoms with Crippen LogP contribution in [-0.4, -0.2) is 59.5 Å². The number of hydrogen-bond acceptors (Lipinski definition) is 7. The molecular formula is C15H27N7O. The number of rotatable bonds is 5. The molecule has 8 nitrogen and oxygen atoms in total. The summed E-state index contributed by atoms with van der Waals surface area (Å²) in [5.41, 5.74) is 5.34. The van der Waals surface area contributed by atoms with Gasteiger partial charge in [0.1, 0.15) is 0 Å². The maximum Gasteiger partial charge on any atom is 0.229 e. The van der Waals surface area contributed by atoms with E-state index in [4.69, 9.17) is 5.73 Å². The lowest BCUT2D eigenvalue weighted by Gasteiger charge is -2.38. The van der Waals surface area contributed by atoms with E-state index in [1.807, 2.05) is 21.0 Å². The average molecular weight is 321 g/mol. The Kier molecular flexibility index (Phi) is 5.35. The van der Waals surface area contributed by atoms with E-state index in [1.54, 1.807) is 4.90 Å². The number of likely N-dealkylation sites (tertiary alicyclic amines) is 1. The molecule has 0 saturated carbocycles. The van der Waals surface area contributed by atoms with Gasteiger partial charge < -0.3 is 20.9 Å². The van der Waals surface area contributed by atoms with Crippen LogP contribution in [0.3, 0.4) is 0 Å². The summed E-state index contributed by atoms with van der Waals surface area (Å²) in [5, 5.41) is 2.95. The summed E-state index contributed by atoms with van der Waals surface area (Å²) in [6.45, 7) is 7.23. The fourth-order valence-corrected chi connectivity index (χ4v) is 2.88. The zero-order chi connectivity index (χ0) is 17.0. The van der Waals surface area contributed by atoms with Crippen LogP contribution in [0, 0.1) is 5.41 Å². The second-order valence-corrected chi connectivity index (χ2v) is 6.52. The lowest BCUT2D eigenvalue weighted by Crippen LogP contribution is -2.50. The highest BCUT2D eigenvalue weighted by atomic mass is 16.2. The normalized spacial score (nSPS) is 21.9. The molecule has 128 valence electrons. The lowest BCUT2D eigenvalue weighted by atomic mass is 9.81. The molecule has 23 heavy (non-hydrogen) atoms. The summed E-state index contributed by atoms with van der Waals surface area (Å²) < 4.78 is 0. The molecule has 0 radical (unpaired) electrons. The minimum atomic E-state index is -0.364. The Hall–Kier alpha value is -1.96. The van der Waals surface area contributed by atoms with Gasteiger partial charge in [-0.05, 0) is 32.9 Å². The Morgan fingerprint density at radius 1 is 1.39 bits per heavy atom. The summed E-state index contributed by atoms with van der Waals surface area (Å²) in [5.74, 6) is 1.17. The standard InChI is InChI=1S/C15H27N7O/c1-5-22-8-6-7-15(2,10-22)12(23)17-9-11-18-13(16)20-14(19-11)21(3)4/h5-10H2,1-4H3,(H,17,23)(H2,16,18,19,20)/t15-/m0/s1. The van der Waals surface area contributed by atoms with Crippen LogP contribution in [0.25, 0.3) is 0 Å². The number of hydrogen-bond donors (Lipinski definition) is 2. The molecule has 1 fully saturated rings. The number of nitrogens with two attached hydrogens (primary N) is 1. The largest absolute Gasteiger partial charge is 0.368 e. The zero-order valence-corrected chi connectivity index (χ0v) is 14.5. The zero-order valence-electron chi connectivity index (χ0n) is 14.5. The van der Waals surface area contributed by atoms with Gasteiger partial charge in [-0.1, -0.05) is 6.92 Å². The fourth-order valence-electron chi connectivity index (χ4n) is 2.88. The number of aromatic nitrogens is 3. The molecule has 2 rings (SSSR count). The van der Waals surface area contributed by atoms with Crippen LogP contribution in [0.2, 0.25) is 0 Å². The number of nitrogens with zero attached hydrogens (tertiary/aromatic N) is 5. The molecular weight excluding hydrogens is 294 g/mol. The van der Waals surface area contributed by atoms with Crippen molar-refractivity contribution < 1.29 is 4.79 Å². The van der Waals surface area contributed by atoms with E-state index in [9.17, 15) is 4.79 Å². The van der Waals surface area contributed by atoms with Crippen molar-refractivity contribution in [2.45, 2.75) is 33.2 Å². The summed E-state index contributed by atoms with van der Waals surface area (Å²) in [7, 11) is 3.67. The van der Waals surface area contributed by atoms with E-state index in [-0.39, 0.29) is 23.8 Å². The minimum absolute atomic E-state index is 0.0426. The maximum absolute atomic E-state index is 12.6. The summed E-state index contributed by atoms with van der Waals surface area (Å²) in [6, 6.07) is 0. The highest BCUT2D eigenvalue weighted by Gasteiger charge is 2.37. The predicted octanol–water partition coefficient (Wildman–Crippen LogP) is 0.258. The third-order valence-corrected chi connectivity index (χ3v) is 4.27. The first-order valence-corrected chi connectivity index (χ1v) is 8.02. The van der Waals surface area contributed by atoms with Crippen LogP contribution in [-0.2, 0) is 11.3 Å². The quantitative estimate of drug-likeness (QED) is 0.802. The molecule has 1 saturated heterocycles. The first-order chi connectivity index (χ1) is 10.8. The van der Waals surface area contributed by atoms with E-state index < -0.39 is 0 Å². The molecule has 0 bridgehead atoms. The number of amides is 1. The topological polar surface area (TPSA) is 100 Å². The summed E-state index contributed by atoms with van der Waals surface area (Å²) >= 11 is 0. The molecule has 1 aromatic heterocycles. The number of anilines is 2. The molecule has 1 aromatic rings. The minimum Gasteiger partial charge on any atom is -0.368 e. The highest BCUT2D eigenvalue weighted by molar-refractivity contribution is 5.82. The second kappa shape index (κ2) is 7.08. The number of carbonyl (C=O) groups excluding carboxylic acids is 1. The number of carbonyl (C=O) groups is 1. The van der Waals surface area contributed by atoms with Crippen molar-refractivity contribution in [2.75, 3.05) is 44.4 Å². The van der Waals surface area contributed by atoms with Crippen LogP contribution in [0.5, 0.6) is 0 Å². The molecule has 8 heteroatoms. The van der Waals surface area contributed by atoms with Gasteiger partial charge in [-0.3, -0.25) is 4.79 Å². The molecule has 1 aliphatic rings. The van der Waals surface area contributed by atoms with E-state index in [0.717, 1.165) is 32.5 Å². The predicted molar refractivity (Wildman–Crippen MR) is 89.9 cm³/mol. The van der Waals surface area contributed by atoms with Gasteiger partial charge in [0.05, 0.1) is 12.0 Å². The van der Waals surface area contributed by atoms with Gasteiger partial charge in [0.2, 0.25) is 17.8 Å². The molecule has 0 aliphatic carbocycles. The molecule has 0 aromatic carbocycles. The van der Waals surface area contributed by atoms with Gasteiger partial charge in [-0.25, -0.2) is 0 Å². The summed E-state index contributed by atoms with van der Waals surface area (Å²) in [6.07, 6.45) is 1.94. The Labute approximate surface area is 137 Å². The summed E-state index contributed by atoms with van der Waals surface area (Å²) in [4.78, 5) is 29.1. The highest BCUT2D eigenvalue weighted by Crippen LogP contribution is 2.29. The maximum atomic E-state index is 12.6. The van der Waals surface area contributed by atoms with Gasteiger partial charge in [0, 0.05) is 20.6 Å². The number of piperidine rings is 1. The van der Waals surface area contributed by atoms with Gasteiger partial charge in [-0.15, -0.1) is 0 Å². The van der Waals surface area contributed by atoms with Crippen molar-refractivity contribution in [1.29, 1.82) is 0 Å². The monoisotopic (exact) mass is 321 g/mol. The van der Waals surface area contributed by atoms with Gasteiger partial charge in [0.25, 0.3) is 0 Å². The van der Waals surface area contributed by atoms with Gasteiger partial charge >= 0.3 is 0 Å². The molecule has 1 aliphatic heterocycles. The molecule has 1 amide bonds. The van der Waals surface area contributed by atoms with Crippen LogP contribution >= 0.6 is 0 Å². The van der Waals surface area contributed by atoms with Crippen LogP contribution in [0.15, 0.2) is 0 Å². The molecule has 2 heterocycles. The van der Waals surface area contributed by atoms with Crippen molar-refractivity contribution in [1.82, 2.24) is 25.2 Å². The van der Waals surface area contributed by atoms with Crippen LogP contribution < -0.4 is 16.0 Å². The molecule has 3 N–H and O–H groups in total. The fraction of sp³-hybridized carbons (Fsp3) is 0.733. The van der Waals surface area contributed by atoms with Crippen molar-refractivity contribution in [3.05, 3.63) is 5.82 Å².